The van der Waals surface area contributed by atoms with Crippen molar-refractivity contribution < 1.29 is 22.1 Å². The summed E-state index contributed by atoms with van der Waals surface area (Å²) in [4.78, 5) is 12.5. The van der Waals surface area contributed by atoms with Crippen LogP contribution in [0.2, 0.25) is 0 Å². The number of esters is 1. The molecule has 0 aliphatic rings. The van der Waals surface area contributed by atoms with Crippen molar-refractivity contribution in [2.24, 2.45) is 5.73 Å². The first-order chi connectivity index (χ1) is 14.4. The smallest absolute Gasteiger partial charge is 0.339 e. The Balaban J connectivity index is 1.79. The van der Waals surface area contributed by atoms with E-state index in [0.717, 1.165) is 5.56 Å². The number of nitrogens with two attached hydrogens (primary N) is 1. The second kappa shape index (κ2) is 9.56. The minimum absolute atomic E-state index is 0.0615. The van der Waals surface area contributed by atoms with Crippen molar-refractivity contribution in [3.8, 4) is 5.75 Å². The lowest BCUT2D eigenvalue weighted by Crippen LogP contribution is -2.36. The molecule has 0 spiro atoms. The third kappa shape index (κ3) is 5.25. The van der Waals surface area contributed by atoms with E-state index in [0.29, 0.717) is 12.0 Å². The van der Waals surface area contributed by atoms with E-state index in [4.69, 9.17) is 14.7 Å². The first-order valence-electron chi connectivity index (χ1n) is 9.37. The molecule has 0 bridgehead atoms. The Morgan fingerprint density at radius 1 is 0.900 bits per heavy atom. The molecule has 0 saturated carbocycles. The molecule has 0 fully saturated rings. The van der Waals surface area contributed by atoms with Crippen LogP contribution in [0.5, 0.6) is 5.75 Å². The van der Waals surface area contributed by atoms with E-state index in [-0.39, 0.29) is 10.6 Å². The van der Waals surface area contributed by atoms with Crippen molar-refractivity contribution in [1.29, 1.82) is 0 Å². The third-order valence-electron chi connectivity index (χ3n) is 4.67. The molecule has 0 saturated heterocycles. The van der Waals surface area contributed by atoms with Gasteiger partial charge < -0.3 is 14.7 Å². The van der Waals surface area contributed by atoms with Crippen LogP contribution in [0.3, 0.4) is 0 Å². The molecular formula is C23H23NO5S. The van der Waals surface area contributed by atoms with E-state index in [1.165, 1.54) is 31.4 Å². The highest BCUT2D eigenvalue weighted by Gasteiger charge is 2.29. The molecular weight excluding hydrogens is 402 g/mol. The minimum Gasteiger partial charge on any atom is -0.469 e. The third-order valence-corrected chi connectivity index (χ3v) is 5.94. The summed E-state index contributed by atoms with van der Waals surface area (Å²) in [5.74, 6) is -1.01. The zero-order valence-electron chi connectivity index (χ0n) is 16.5. The maximum Gasteiger partial charge on any atom is 0.339 e. The van der Waals surface area contributed by atoms with Gasteiger partial charge in [0, 0.05) is 6.04 Å². The first-order valence-corrected chi connectivity index (χ1v) is 10.8. The summed E-state index contributed by atoms with van der Waals surface area (Å²) in [5, 5.41) is 0. The fraction of sp³-hybridized carbons (Fsp3) is 0.174. The average Bonchev–Trinajstić information content (AvgIpc) is 2.76. The molecule has 0 aromatic heterocycles. The van der Waals surface area contributed by atoms with E-state index in [1.807, 2.05) is 30.3 Å². The minimum atomic E-state index is -3.94. The second-order valence-corrected chi connectivity index (χ2v) is 8.32. The van der Waals surface area contributed by atoms with Gasteiger partial charge in [0.2, 0.25) is 0 Å². The van der Waals surface area contributed by atoms with Crippen LogP contribution in [0, 0.1) is 0 Å². The van der Waals surface area contributed by atoms with Crippen molar-refractivity contribution in [3.05, 3.63) is 96.1 Å². The Hall–Kier alpha value is -3.16. The molecule has 6 nitrogen and oxygen atoms in total. The molecule has 2 N–H and O–H groups in total. The molecule has 7 heteroatoms. The van der Waals surface area contributed by atoms with E-state index < -0.39 is 28.0 Å². The van der Waals surface area contributed by atoms with Gasteiger partial charge in [0.25, 0.3) is 0 Å². The lowest BCUT2D eigenvalue weighted by molar-refractivity contribution is -0.143. The fourth-order valence-electron chi connectivity index (χ4n) is 3.18. The van der Waals surface area contributed by atoms with Crippen LogP contribution in [-0.4, -0.2) is 27.5 Å². The van der Waals surface area contributed by atoms with Crippen LogP contribution >= 0.6 is 0 Å². The molecule has 2 unspecified atom stereocenters. The van der Waals surface area contributed by atoms with Gasteiger partial charge in [-0.25, -0.2) is 0 Å². The van der Waals surface area contributed by atoms with Gasteiger partial charge in [-0.3, -0.25) is 4.79 Å². The van der Waals surface area contributed by atoms with Gasteiger partial charge in [-0.15, -0.1) is 0 Å². The quantitative estimate of drug-likeness (QED) is 0.440. The van der Waals surface area contributed by atoms with E-state index in [2.05, 4.69) is 0 Å². The zero-order valence-corrected chi connectivity index (χ0v) is 17.3. The number of methoxy groups -OCH3 is 1. The maximum atomic E-state index is 12.4. The zero-order chi connectivity index (χ0) is 21.6. The van der Waals surface area contributed by atoms with Crippen LogP contribution in [0.4, 0.5) is 0 Å². The SMILES string of the molecule is COC(=O)C(c1ccc(OS(=O)(=O)c2ccccc2)cc1)C(N)Cc1ccccc1. The fourth-order valence-corrected chi connectivity index (χ4v) is 4.13. The predicted molar refractivity (Wildman–Crippen MR) is 114 cm³/mol. The highest BCUT2D eigenvalue weighted by molar-refractivity contribution is 7.87. The average molecular weight is 426 g/mol. The van der Waals surface area contributed by atoms with Crippen LogP contribution in [-0.2, 0) is 26.1 Å². The number of carbonyl (C=O) groups is 1. The summed E-state index contributed by atoms with van der Waals surface area (Å²) < 4.78 is 34.9. The predicted octanol–water partition coefficient (Wildman–Crippen LogP) is 3.28. The van der Waals surface area contributed by atoms with Crippen LogP contribution in [0.25, 0.3) is 0 Å². The Morgan fingerprint density at radius 2 is 1.47 bits per heavy atom. The van der Waals surface area contributed by atoms with Gasteiger partial charge in [0.15, 0.2) is 0 Å². The summed E-state index contributed by atoms with van der Waals surface area (Å²) in [5.41, 5.74) is 7.97. The normalized spacial score (nSPS) is 13.3. The van der Waals surface area contributed by atoms with Crippen LogP contribution < -0.4 is 9.92 Å². The molecule has 30 heavy (non-hydrogen) atoms. The monoisotopic (exact) mass is 425 g/mol. The molecule has 0 aliphatic carbocycles. The molecule has 3 aromatic carbocycles. The number of hydrogen-bond acceptors (Lipinski definition) is 6. The lowest BCUT2D eigenvalue weighted by atomic mass is 9.88. The van der Waals surface area contributed by atoms with Crippen molar-refractivity contribution in [2.45, 2.75) is 23.3 Å². The molecule has 156 valence electrons. The van der Waals surface area contributed by atoms with Crippen LogP contribution in [0.1, 0.15) is 17.0 Å². The second-order valence-electron chi connectivity index (χ2n) is 6.77. The summed E-state index contributed by atoms with van der Waals surface area (Å²) in [6.45, 7) is 0. The van der Waals surface area contributed by atoms with Crippen molar-refractivity contribution in [1.82, 2.24) is 0 Å². The molecule has 0 heterocycles. The Bertz CT molecular complexity index is 1070. The van der Waals surface area contributed by atoms with Gasteiger partial charge in [-0.05, 0) is 41.8 Å². The van der Waals surface area contributed by atoms with Gasteiger partial charge in [0.05, 0.1) is 13.0 Å². The van der Waals surface area contributed by atoms with Gasteiger partial charge >= 0.3 is 16.1 Å². The Labute approximate surface area is 176 Å². The highest BCUT2D eigenvalue weighted by atomic mass is 32.2. The summed E-state index contributed by atoms with van der Waals surface area (Å²) in [7, 11) is -2.63. The van der Waals surface area contributed by atoms with E-state index in [1.54, 1.807) is 30.3 Å². The highest BCUT2D eigenvalue weighted by Crippen LogP contribution is 2.26. The molecule has 0 radical (unpaired) electrons. The van der Waals surface area contributed by atoms with Gasteiger partial charge in [0.1, 0.15) is 10.6 Å². The molecule has 3 rings (SSSR count). The first kappa shape index (κ1) is 21.5. The standard InChI is InChI=1S/C23H23NO5S/c1-28-23(25)22(21(24)16-17-8-4-2-5-9-17)18-12-14-19(15-13-18)29-30(26,27)20-10-6-3-7-11-20/h2-15,21-22H,16,24H2,1H3. The number of rotatable bonds is 8. The Morgan fingerprint density at radius 3 is 2.03 bits per heavy atom. The van der Waals surface area contributed by atoms with Crippen molar-refractivity contribution in [3.63, 3.8) is 0 Å². The van der Waals surface area contributed by atoms with Gasteiger partial charge in [-0.2, -0.15) is 8.42 Å². The number of carbonyl (C=O) groups excluding carboxylic acids is 1. The summed E-state index contributed by atoms with van der Waals surface area (Å²) in [6.07, 6.45) is 0.487. The lowest BCUT2D eigenvalue weighted by Gasteiger charge is -2.22. The van der Waals surface area contributed by atoms with Crippen molar-refractivity contribution >= 4 is 16.1 Å². The number of benzene rings is 3. The van der Waals surface area contributed by atoms with Crippen LogP contribution in [0.15, 0.2) is 89.8 Å². The van der Waals surface area contributed by atoms with E-state index in [9.17, 15) is 13.2 Å². The molecule has 2 atom stereocenters. The van der Waals surface area contributed by atoms with E-state index >= 15 is 0 Å². The van der Waals surface area contributed by atoms with Crippen molar-refractivity contribution in [2.75, 3.05) is 7.11 Å². The summed E-state index contributed by atoms with van der Waals surface area (Å²) in [6, 6.07) is 23.2. The molecule has 0 aliphatic heterocycles. The number of hydrogen-bond donors (Lipinski definition) is 1. The number of ether oxygens (including phenoxy) is 1. The summed E-state index contributed by atoms with van der Waals surface area (Å²) >= 11 is 0. The Kier molecular flexibility index (Phi) is 6.87. The molecule has 0 amide bonds. The largest absolute Gasteiger partial charge is 0.469 e. The van der Waals surface area contributed by atoms with Gasteiger partial charge in [-0.1, -0.05) is 60.7 Å². The topological polar surface area (TPSA) is 95.7 Å². The maximum absolute atomic E-state index is 12.4. The molecule has 3 aromatic rings.